The normalized spacial score (nSPS) is 18.1. The van der Waals surface area contributed by atoms with Crippen molar-refractivity contribution in [1.82, 2.24) is 14.4 Å². The Bertz CT molecular complexity index is 1140. The minimum Gasteiger partial charge on any atom is -0.339 e. The summed E-state index contributed by atoms with van der Waals surface area (Å²) < 4.78 is 59.2. The van der Waals surface area contributed by atoms with E-state index in [4.69, 9.17) is 16.1 Å². The molecule has 10 heteroatoms. The van der Waals surface area contributed by atoms with Gasteiger partial charge in [-0.05, 0) is 55.3 Å². The van der Waals surface area contributed by atoms with E-state index in [9.17, 15) is 17.2 Å². The molecular formula is C19H16ClF2N3O3S. The third-order valence-corrected chi connectivity index (χ3v) is 6.97. The second kappa shape index (κ2) is 7.81. The van der Waals surface area contributed by atoms with Crippen LogP contribution in [0, 0.1) is 11.6 Å². The van der Waals surface area contributed by atoms with E-state index in [0.29, 0.717) is 36.7 Å². The molecule has 1 fully saturated rings. The minimum absolute atomic E-state index is 0.137. The summed E-state index contributed by atoms with van der Waals surface area (Å²) in [5.74, 6) is -0.838. The van der Waals surface area contributed by atoms with E-state index in [2.05, 4.69) is 10.1 Å². The highest BCUT2D eigenvalue weighted by atomic mass is 35.5. The van der Waals surface area contributed by atoms with Crippen molar-refractivity contribution in [3.8, 4) is 11.4 Å². The number of nitrogens with zero attached hydrogens (tertiary/aromatic N) is 3. The first kappa shape index (κ1) is 19.9. The van der Waals surface area contributed by atoms with Crippen LogP contribution in [0.5, 0.6) is 0 Å². The lowest BCUT2D eigenvalue weighted by Crippen LogP contribution is -2.39. The Morgan fingerprint density at radius 1 is 1.14 bits per heavy atom. The standard InChI is InChI=1S/C19H16ClF2N3O3S/c20-16-8-7-15(10-17(16)22)29(26,27)25-9-1-2-13(11-25)19-23-18(24-28-19)12-3-5-14(21)6-4-12/h3-8,10,13H,1-2,9,11H2/t13-/m1/s1. The number of sulfonamides is 1. The summed E-state index contributed by atoms with van der Waals surface area (Å²) in [6.45, 7) is 0.444. The van der Waals surface area contributed by atoms with E-state index in [0.717, 1.165) is 6.07 Å². The third-order valence-electron chi connectivity index (χ3n) is 4.81. The fourth-order valence-electron chi connectivity index (χ4n) is 3.27. The van der Waals surface area contributed by atoms with Gasteiger partial charge in [-0.2, -0.15) is 9.29 Å². The van der Waals surface area contributed by atoms with Gasteiger partial charge in [0, 0.05) is 18.7 Å². The zero-order chi connectivity index (χ0) is 20.6. The van der Waals surface area contributed by atoms with Crippen molar-refractivity contribution in [2.45, 2.75) is 23.7 Å². The molecule has 2 heterocycles. The maximum Gasteiger partial charge on any atom is 0.243 e. The molecule has 1 atom stereocenters. The summed E-state index contributed by atoms with van der Waals surface area (Å²) in [4.78, 5) is 4.19. The minimum atomic E-state index is -3.89. The van der Waals surface area contributed by atoms with E-state index >= 15 is 0 Å². The molecule has 0 saturated carbocycles. The first-order valence-electron chi connectivity index (χ1n) is 8.89. The van der Waals surface area contributed by atoms with Crippen LogP contribution < -0.4 is 0 Å². The van der Waals surface area contributed by atoms with Gasteiger partial charge in [0.05, 0.1) is 15.8 Å². The van der Waals surface area contributed by atoms with Crippen LogP contribution in [0.1, 0.15) is 24.7 Å². The highest BCUT2D eigenvalue weighted by molar-refractivity contribution is 7.89. The molecule has 152 valence electrons. The summed E-state index contributed by atoms with van der Waals surface area (Å²) >= 11 is 5.65. The fourth-order valence-corrected chi connectivity index (χ4v) is 4.92. The molecular weight excluding hydrogens is 424 g/mol. The van der Waals surface area contributed by atoms with Crippen LogP contribution in [-0.2, 0) is 10.0 Å². The zero-order valence-electron chi connectivity index (χ0n) is 15.1. The zero-order valence-corrected chi connectivity index (χ0v) is 16.6. The largest absolute Gasteiger partial charge is 0.339 e. The average Bonchev–Trinajstić information content (AvgIpc) is 3.21. The number of halogens is 3. The molecule has 6 nitrogen and oxygen atoms in total. The van der Waals surface area contributed by atoms with Gasteiger partial charge >= 0.3 is 0 Å². The first-order valence-corrected chi connectivity index (χ1v) is 10.7. The summed E-state index contributed by atoms with van der Waals surface area (Å²) in [7, 11) is -3.89. The van der Waals surface area contributed by atoms with Crippen LogP contribution >= 0.6 is 11.6 Å². The monoisotopic (exact) mass is 439 g/mol. The molecule has 0 spiro atoms. The van der Waals surface area contributed by atoms with E-state index in [-0.39, 0.29) is 28.2 Å². The number of piperidine rings is 1. The summed E-state index contributed by atoms with van der Waals surface area (Å²) in [6.07, 6.45) is 1.26. The van der Waals surface area contributed by atoms with Gasteiger partial charge in [0.25, 0.3) is 0 Å². The molecule has 1 saturated heterocycles. The van der Waals surface area contributed by atoms with Gasteiger partial charge in [-0.1, -0.05) is 16.8 Å². The summed E-state index contributed by atoms with van der Waals surface area (Å²) in [5, 5.41) is 3.78. The van der Waals surface area contributed by atoms with Crippen molar-refractivity contribution in [2.24, 2.45) is 0 Å². The average molecular weight is 440 g/mol. The van der Waals surface area contributed by atoms with Gasteiger partial charge < -0.3 is 4.52 Å². The molecule has 1 aliphatic rings. The SMILES string of the molecule is O=S(=O)(c1ccc(Cl)c(F)c1)N1CCC[C@@H](c2nc(-c3ccc(F)cc3)no2)C1. The third kappa shape index (κ3) is 4.03. The van der Waals surface area contributed by atoms with Crippen molar-refractivity contribution in [2.75, 3.05) is 13.1 Å². The Balaban J connectivity index is 1.55. The van der Waals surface area contributed by atoms with Crippen molar-refractivity contribution >= 4 is 21.6 Å². The second-order valence-corrected chi connectivity index (χ2v) is 9.09. The molecule has 0 amide bonds. The van der Waals surface area contributed by atoms with Crippen LogP contribution in [0.15, 0.2) is 51.9 Å². The van der Waals surface area contributed by atoms with Gasteiger partial charge in [-0.3, -0.25) is 0 Å². The lowest BCUT2D eigenvalue weighted by Gasteiger charge is -2.30. The number of rotatable bonds is 4. The quantitative estimate of drug-likeness (QED) is 0.607. The van der Waals surface area contributed by atoms with E-state index in [1.165, 1.54) is 40.7 Å². The molecule has 2 aromatic carbocycles. The van der Waals surface area contributed by atoms with Crippen LogP contribution in [-0.4, -0.2) is 36.0 Å². The predicted octanol–water partition coefficient (Wildman–Crippen LogP) is 4.24. The maximum atomic E-state index is 13.7. The Kier molecular flexibility index (Phi) is 5.37. The van der Waals surface area contributed by atoms with E-state index < -0.39 is 15.8 Å². The molecule has 0 aliphatic carbocycles. The molecule has 0 radical (unpaired) electrons. The lowest BCUT2D eigenvalue weighted by atomic mass is 10.00. The van der Waals surface area contributed by atoms with E-state index in [1.807, 2.05) is 0 Å². The van der Waals surface area contributed by atoms with Crippen LogP contribution in [0.4, 0.5) is 8.78 Å². The van der Waals surface area contributed by atoms with Crippen molar-refractivity contribution in [1.29, 1.82) is 0 Å². The highest BCUT2D eigenvalue weighted by Gasteiger charge is 2.33. The molecule has 1 aliphatic heterocycles. The molecule has 3 aromatic rings. The van der Waals surface area contributed by atoms with Gasteiger partial charge in [0.2, 0.25) is 21.7 Å². The second-order valence-electron chi connectivity index (χ2n) is 6.74. The van der Waals surface area contributed by atoms with Crippen molar-refractivity contribution < 1.29 is 21.7 Å². The fraction of sp³-hybridized carbons (Fsp3) is 0.263. The number of benzene rings is 2. The van der Waals surface area contributed by atoms with Crippen LogP contribution in [0.2, 0.25) is 5.02 Å². The molecule has 1 aromatic heterocycles. The number of aromatic nitrogens is 2. The smallest absolute Gasteiger partial charge is 0.243 e. The Morgan fingerprint density at radius 2 is 1.90 bits per heavy atom. The Morgan fingerprint density at radius 3 is 2.62 bits per heavy atom. The molecule has 0 N–H and O–H groups in total. The van der Waals surface area contributed by atoms with Crippen molar-refractivity contribution in [3.05, 3.63) is 65.0 Å². The molecule has 4 rings (SSSR count). The number of hydrogen-bond donors (Lipinski definition) is 0. The predicted molar refractivity (Wildman–Crippen MR) is 102 cm³/mol. The summed E-state index contributed by atoms with van der Waals surface area (Å²) in [6, 6.07) is 9.09. The lowest BCUT2D eigenvalue weighted by molar-refractivity contribution is 0.265. The Labute approximate surface area is 171 Å². The topological polar surface area (TPSA) is 76.3 Å². The maximum absolute atomic E-state index is 13.7. The van der Waals surface area contributed by atoms with E-state index in [1.54, 1.807) is 0 Å². The molecule has 0 bridgehead atoms. The number of hydrogen-bond acceptors (Lipinski definition) is 5. The Hall–Kier alpha value is -2.36. The van der Waals surface area contributed by atoms with Crippen LogP contribution in [0.25, 0.3) is 11.4 Å². The highest BCUT2D eigenvalue weighted by Crippen LogP contribution is 2.31. The summed E-state index contributed by atoms with van der Waals surface area (Å²) in [5.41, 5.74) is 0.596. The van der Waals surface area contributed by atoms with Crippen molar-refractivity contribution in [3.63, 3.8) is 0 Å². The van der Waals surface area contributed by atoms with Crippen LogP contribution in [0.3, 0.4) is 0 Å². The van der Waals surface area contributed by atoms with Gasteiger partial charge in [-0.25, -0.2) is 17.2 Å². The van der Waals surface area contributed by atoms with Gasteiger partial charge in [0.15, 0.2) is 0 Å². The van der Waals surface area contributed by atoms with Gasteiger partial charge in [-0.15, -0.1) is 0 Å². The van der Waals surface area contributed by atoms with Gasteiger partial charge in [0.1, 0.15) is 11.6 Å². The molecule has 29 heavy (non-hydrogen) atoms. The molecule has 0 unspecified atom stereocenters. The first-order chi connectivity index (χ1) is 13.8.